The van der Waals surface area contributed by atoms with E-state index >= 15 is 0 Å². The number of nitrogens with one attached hydrogen (secondary N) is 2. The van der Waals surface area contributed by atoms with Crippen molar-refractivity contribution < 1.29 is 18.1 Å². The fraction of sp³-hybridized carbons (Fsp3) is 0.423. The summed E-state index contributed by atoms with van der Waals surface area (Å²) in [4.78, 5) is 18.0. The number of nitrogens with zero attached hydrogens (tertiary/aromatic N) is 4. The maximum atomic E-state index is 14.9. The molecule has 2 N–H and O–H groups in total. The zero-order chi connectivity index (χ0) is 27.7. The number of fused-ring (bicyclic) bond motifs is 1. The van der Waals surface area contributed by atoms with Gasteiger partial charge in [-0.25, -0.2) is 17.9 Å². The molecule has 1 spiro atoms. The average molecular weight is 575 g/mol. The van der Waals surface area contributed by atoms with Gasteiger partial charge >= 0.3 is 0 Å². The minimum absolute atomic E-state index is 0.0161. The third-order valence-electron chi connectivity index (χ3n) is 7.31. The lowest BCUT2D eigenvalue weighted by molar-refractivity contribution is -0.0196. The molecule has 0 aliphatic carbocycles. The van der Waals surface area contributed by atoms with Gasteiger partial charge in [0.1, 0.15) is 17.4 Å². The normalized spacial score (nSPS) is 19.3. The number of nitriles is 1. The Hall–Kier alpha value is -3.08. The fourth-order valence-electron chi connectivity index (χ4n) is 4.98. The molecule has 206 valence electrons. The minimum Gasteiger partial charge on any atom is -0.451 e. The first-order chi connectivity index (χ1) is 18.8. The summed E-state index contributed by atoms with van der Waals surface area (Å²) < 4.78 is 45.1. The Morgan fingerprint density at radius 2 is 2.15 bits per heavy atom. The molecule has 2 atom stereocenters. The van der Waals surface area contributed by atoms with Crippen molar-refractivity contribution in [2.45, 2.75) is 37.8 Å². The van der Waals surface area contributed by atoms with Crippen molar-refractivity contribution in [1.29, 1.82) is 5.26 Å². The van der Waals surface area contributed by atoms with Crippen LogP contribution in [0.2, 0.25) is 5.02 Å². The number of halogens is 2. The number of piperidine rings is 1. The van der Waals surface area contributed by atoms with E-state index in [2.05, 4.69) is 15.0 Å². The highest BCUT2D eigenvalue weighted by molar-refractivity contribution is 7.84. The molecule has 0 amide bonds. The van der Waals surface area contributed by atoms with E-state index in [1.165, 1.54) is 22.8 Å². The van der Waals surface area contributed by atoms with E-state index in [9.17, 15) is 18.7 Å². The van der Waals surface area contributed by atoms with E-state index in [1.54, 1.807) is 17.7 Å². The first-order valence-electron chi connectivity index (χ1n) is 12.6. The van der Waals surface area contributed by atoms with Gasteiger partial charge in [-0.2, -0.15) is 5.26 Å². The Bertz CT molecular complexity index is 1540. The molecule has 0 bridgehead atoms. The second kappa shape index (κ2) is 11.2. The number of ether oxygens (including phenoxy) is 2. The van der Waals surface area contributed by atoms with Crippen LogP contribution in [0.15, 0.2) is 35.4 Å². The number of rotatable bonds is 7. The molecule has 2 saturated heterocycles. The van der Waals surface area contributed by atoms with Gasteiger partial charge < -0.3 is 14.8 Å². The van der Waals surface area contributed by atoms with Crippen molar-refractivity contribution >= 4 is 39.4 Å². The largest absolute Gasteiger partial charge is 0.451 e. The van der Waals surface area contributed by atoms with Crippen molar-refractivity contribution in [2.24, 2.45) is 0 Å². The lowest BCUT2D eigenvalue weighted by atomic mass is 9.88. The first kappa shape index (κ1) is 27.5. The summed E-state index contributed by atoms with van der Waals surface area (Å²) in [5.41, 5.74) is -0.314. The van der Waals surface area contributed by atoms with E-state index in [0.717, 1.165) is 32.0 Å². The molecule has 2 aliphatic rings. The molecule has 0 saturated carbocycles. The van der Waals surface area contributed by atoms with Crippen LogP contribution < -0.4 is 20.3 Å². The van der Waals surface area contributed by atoms with Gasteiger partial charge in [-0.3, -0.25) is 14.1 Å². The van der Waals surface area contributed by atoms with Crippen LogP contribution in [-0.4, -0.2) is 57.0 Å². The van der Waals surface area contributed by atoms with Crippen LogP contribution in [0, 0.1) is 17.1 Å². The molecule has 0 radical (unpaired) electrons. The maximum absolute atomic E-state index is 14.9. The highest BCUT2D eigenvalue weighted by Gasteiger charge is 2.42. The number of anilines is 1. The number of hydrogen-bond donors (Lipinski definition) is 2. The van der Waals surface area contributed by atoms with Crippen molar-refractivity contribution in [2.75, 3.05) is 38.0 Å². The van der Waals surface area contributed by atoms with Gasteiger partial charge in [0.2, 0.25) is 0 Å². The van der Waals surface area contributed by atoms with Gasteiger partial charge in [0.05, 0.1) is 46.2 Å². The summed E-state index contributed by atoms with van der Waals surface area (Å²) in [7, 11) is 1.63. The topological polar surface area (TPSA) is 122 Å². The Labute approximate surface area is 232 Å². The fourth-order valence-corrected chi connectivity index (χ4v) is 6.01. The summed E-state index contributed by atoms with van der Waals surface area (Å²) in [5.74, 6) is -1.24. The predicted molar refractivity (Wildman–Crippen MR) is 147 cm³/mol. The van der Waals surface area contributed by atoms with E-state index in [-0.39, 0.29) is 44.6 Å². The zero-order valence-electron chi connectivity index (χ0n) is 21.5. The quantitative estimate of drug-likeness (QED) is 0.439. The van der Waals surface area contributed by atoms with Gasteiger partial charge in [0.15, 0.2) is 22.7 Å². The van der Waals surface area contributed by atoms with Crippen molar-refractivity contribution in [1.82, 2.24) is 19.2 Å². The Morgan fingerprint density at radius 1 is 1.38 bits per heavy atom. The Kier molecular flexibility index (Phi) is 7.89. The molecule has 2 aromatic carbocycles. The Morgan fingerprint density at radius 3 is 2.87 bits per heavy atom. The van der Waals surface area contributed by atoms with Gasteiger partial charge in [0, 0.05) is 13.6 Å². The predicted octanol–water partition coefficient (Wildman–Crippen LogP) is 3.88. The van der Waals surface area contributed by atoms with E-state index in [4.69, 9.17) is 21.1 Å². The summed E-state index contributed by atoms with van der Waals surface area (Å²) >= 11 is 4.99. The summed E-state index contributed by atoms with van der Waals surface area (Å²) in [6, 6.07) is 7.15. The highest BCUT2D eigenvalue weighted by atomic mass is 35.5. The molecule has 5 rings (SSSR count). The molecule has 2 aliphatic heterocycles. The number of aromatic nitrogens is 2. The SMILES string of the molecule is CCN(C)S(=O)Nc1ccc(F)c(Oc2ccc3ncn(C4COC5(CCNCC5)C4)c(=O)c3c2Cl)c1C#N. The van der Waals surface area contributed by atoms with Crippen LogP contribution in [-0.2, 0) is 15.9 Å². The maximum Gasteiger partial charge on any atom is 0.263 e. The molecule has 1 aromatic heterocycles. The van der Waals surface area contributed by atoms with Gasteiger partial charge in [0.25, 0.3) is 5.56 Å². The number of benzene rings is 2. The third-order valence-corrected chi connectivity index (χ3v) is 8.91. The van der Waals surface area contributed by atoms with Crippen LogP contribution in [0.4, 0.5) is 10.1 Å². The first-order valence-corrected chi connectivity index (χ1v) is 14.1. The van der Waals surface area contributed by atoms with Crippen LogP contribution in [0.3, 0.4) is 0 Å². The molecule has 3 aromatic rings. The van der Waals surface area contributed by atoms with Crippen molar-refractivity contribution in [3.8, 4) is 17.6 Å². The standard InChI is InChI=1S/C26H28ClFN6O4S/c1-3-33(2)39(36)32-19-5-4-18(28)24(17(19)13-29)38-21-7-6-20-22(23(21)27)25(35)34(15-31-20)16-12-26(37-14-16)8-10-30-11-9-26/h4-7,15-16,30,32H,3,8-12,14H2,1-2H3. The summed E-state index contributed by atoms with van der Waals surface area (Å²) in [5, 5.41) is 13.2. The minimum atomic E-state index is -1.66. The molecule has 13 heteroatoms. The summed E-state index contributed by atoms with van der Waals surface area (Å²) in [6.07, 6.45) is 3.95. The second-order valence-corrected chi connectivity index (χ2v) is 11.3. The molecule has 39 heavy (non-hydrogen) atoms. The second-order valence-electron chi connectivity index (χ2n) is 9.64. The van der Waals surface area contributed by atoms with Crippen LogP contribution >= 0.6 is 11.6 Å². The van der Waals surface area contributed by atoms with E-state index in [0.29, 0.717) is 25.1 Å². The van der Waals surface area contributed by atoms with Gasteiger partial charge in [-0.1, -0.05) is 18.5 Å². The highest BCUT2D eigenvalue weighted by Crippen LogP contribution is 2.40. The molecule has 2 fully saturated rings. The van der Waals surface area contributed by atoms with Gasteiger partial charge in [-0.15, -0.1) is 0 Å². The van der Waals surface area contributed by atoms with E-state index in [1.807, 2.05) is 13.0 Å². The van der Waals surface area contributed by atoms with Crippen molar-refractivity contribution in [3.05, 3.63) is 57.3 Å². The lowest BCUT2D eigenvalue weighted by Crippen LogP contribution is -2.41. The Balaban J connectivity index is 1.49. The van der Waals surface area contributed by atoms with E-state index < -0.39 is 22.7 Å². The van der Waals surface area contributed by atoms with Crippen LogP contribution in [0.1, 0.15) is 37.8 Å². The average Bonchev–Trinajstić information content (AvgIpc) is 3.34. The monoisotopic (exact) mass is 574 g/mol. The molecule has 3 heterocycles. The van der Waals surface area contributed by atoms with Crippen molar-refractivity contribution in [3.63, 3.8) is 0 Å². The molecule has 2 unspecified atom stereocenters. The van der Waals surface area contributed by atoms with Crippen LogP contribution in [0.5, 0.6) is 11.5 Å². The van der Waals surface area contributed by atoms with Gasteiger partial charge in [-0.05, 0) is 56.6 Å². The van der Waals surface area contributed by atoms with Crippen LogP contribution in [0.25, 0.3) is 10.9 Å². The molecular weight excluding hydrogens is 547 g/mol. The third kappa shape index (κ3) is 5.25. The zero-order valence-corrected chi connectivity index (χ0v) is 23.1. The lowest BCUT2D eigenvalue weighted by Gasteiger charge is -2.32. The molecular formula is C26H28ClFN6O4S. The molecule has 10 nitrogen and oxygen atoms in total. The summed E-state index contributed by atoms with van der Waals surface area (Å²) in [6.45, 7) is 4.43. The smallest absolute Gasteiger partial charge is 0.263 e. The number of hydrogen-bond acceptors (Lipinski definition) is 7.